The summed E-state index contributed by atoms with van der Waals surface area (Å²) in [6, 6.07) is 14.9. The number of fused-ring (bicyclic) bond motifs is 1. The molecule has 42 heavy (non-hydrogen) atoms. The third-order valence-corrected chi connectivity index (χ3v) is 8.26. The molecule has 0 bridgehead atoms. The van der Waals surface area contributed by atoms with Crippen LogP contribution in [0.15, 0.2) is 78.0 Å². The highest BCUT2D eigenvalue weighted by Crippen LogP contribution is 2.30. The van der Waals surface area contributed by atoms with Crippen molar-refractivity contribution in [1.82, 2.24) is 19.5 Å². The van der Waals surface area contributed by atoms with Crippen LogP contribution in [-0.2, 0) is 27.4 Å². The number of aryl methyl sites for hydroxylation is 1. The fourth-order valence-corrected chi connectivity index (χ4v) is 5.81. The zero-order valence-electron chi connectivity index (χ0n) is 24.4. The Labute approximate surface area is 246 Å². The maximum atomic E-state index is 12.9. The van der Waals surface area contributed by atoms with E-state index in [4.69, 9.17) is 4.98 Å². The van der Waals surface area contributed by atoms with Gasteiger partial charge in [-0.3, -0.25) is 10.1 Å². The van der Waals surface area contributed by atoms with Crippen LogP contribution in [0.3, 0.4) is 0 Å². The van der Waals surface area contributed by atoms with Crippen molar-refractivity contribution in [3.8, 4) is 0 Å². The number of carbonyl (C=O) groups is 1. The van der Waals surface area contributed by atoms with E-state index in [1.54, 1.807) is 30.5 Å². The van der Waals surface area contributed by atoms with Gasteiger partial charge in [0.1, 0.15) is 5.82 Å². The van der Waals surface area contributed by atoms with Crippen LogP contribution in [0.4, 0.5) is 29.1 Å². The van der Waals surface area contributed by atoms with Crippen LogP contribution >= 0.6 is 0 Å². The van der Waals surface area contributed by atoms with E-state index in [2.05, 4.69) is 46.6 Å². The monoisotopic (exact) mass is 585 g/mol. The summed E-state index contributed by atoms with van der Waals surface area (Å²) in [5, 5.41) is 6.17. The number of imidazole rings is 1. The Bertz CT molecular complexity index is 1810. The Morgan fingerprint density at radius 3 is 2.57 bits per heavy atom. The van der Waals surface area contributed by atoms with Crippen LogP contribution in [-0.4, -0.2) is 47.1 Å². The van der Waals surface area contributed by atoms with Crippen molar-refractivity contribution >= 4 is 55.9 Å². The number of hydrogen-bond acceptors (Lipinski definition) is 8. The minimum absolute atomic E-state index is 0.00612. The van der Waals surface area contributed by atoms with Crippen molar-refractivity contribution < 1.29 is 13.2 Å². The second-order valence-electron chi connectivity index (χ2n) is 10.9. The molecule has 0 radical (unpaired) electrons. The third kappa shape index (κ3) is 6.85. The molecule has 0 spiro atoms. The Hall–Kier alpha value is -4.51. The first-order valence-corrected chi connectivity index (χ1v) is 15.7. The van der Waals surface area contributed by atoms with Gasteiger partial charge in [-0.25, -0.2) is 18.4 Å². The summed E-state index contributed by atoms with van der Waals surface area (Å²) >= 11 is 0. The molecule has 1 unspecified atom stereocenters. The Kier molecular flexibility index (Phi) is 8.13. The quantitative estimate of drug-likeness (QED) is 0.258. The summed E-state index contributed by atoms with van der Waals surface area (Å²) in [6.45, 7) is 4.17. The van der Waals surface area contributed by atoms with Gasteiger partial charge in [0.05, 0.1) is 16.8 Å². The molecule has 0 aliphatic heterocycles. The van der Waals surface area contributed by atoms with Gasteiger partial charge in [0.25, 0.3) is 0 Å². The van der Waals surface area contributed by atoms with Gasteiger partial charge in [-0.1, -0.05) is 35.4 Å². The molecule has 2 aromatic carbocycles. The molecule has 0 fully saturated rings. The highest BCUT2D eigenvalue weighted by molar-refractivity contribution is 7.89. The Balaban J connectivity index is 1.28. The van der Waals surface area contributed by atoms with E-state index in [1.165, 1.54) is 17.4 Å². The van der Waals surface area contributed by atoms with E-state index < -0.39 is 9.84 Å². The van der Waals surface area contributed by atoms with E-state index >= 15 is 0 Å². The molecule has 2 N–H and O–H groups in total. The summed E-state index contributed by atoms with van der Waals surface area (Å²) in [4.78, 5) is 28.5. The molecule has 10 nitrogen and oxygen atoms in total. The smallest absolute Gasteiger partial charge is 0.229 e. The number of allylic oxidation sites excluding steroid dienone is 4. The predicted molar refractivity (Wildman–Crippen MR) is 168 cm³/mol. The SMILES string of the molecule is CC1=CC=C(C)C(CC(=O)Nc2nc3cc(N(C)c4ccnc(Nc5ccc(CS(C)(=O)=O)cc5)n4)ccc3n2C)C1. The lowest BCUT2D eigenvalue weighted by Gasteiger charge is -2.20. The largest absolute Gasteiger partial charge is 0.329 e. The normalized spacial score (nSPS) is 15.2. The van der Waals surface area contributed by atoms with Gasteiger partial charge in [0.2, 0.25) is 17.8 Å². The molecule has 1 aliphatic rings. The van der Waals surface area contributed by atoms with Crippen LogP contribution in [0.1, 0.15) is 32.3 Å². The van der Waals surface area contributed by atoms with E-state index in [1.807, 2.05) is 47.8 Å². The lowest BCUT2D eigenvalue weighted by Crippen LogP contribution is -2.20. The van der Waals surface area contributed by atoms with Gasteiger partial charge < -0.3 is 14.8 Å². The summed E-state index contributed by atoms with van der Waals surface area (Å²) in [5.41, 5.74) is 6.50. The molecule has 4 aromatic rings. The minimum atomic E-state index is -3.10. The van der Waals surface area contributed by atoms with Crippen LogP contribution in [0.25, 0.3) is 11.0 Å². The summed E-state index contributed by atoms with van der Waals surface area (Å²) in [6.07, 6.45) is 8.42. The maximum absolute atomic E-state index is 12.9. The fraction of sp³-hybridized carbons (Fsp3) is 0.290. The number of nitrogens with one attached hydrogen (secondary N) is 2. The Morgan fingerprint density at radius 1 is 1.07 bits per heavy atom. The molecule has 218 valence electrons. The molecular weight excluding hydrogens is 550 g/mol. The highest BCUT2D eigenvalue weighted by Gasteiger charge is 2.20. The van der Waals surface area contributed by atoms with Gasteiger partial charge in [-0.05, 0) is 68.1 Å². The first-order valence-electron chi connectivity index (χ1n) is 13.7. The van der Waals surface area contributed by atoms with Gasteiger partial charge in [-0.15, -0.1) is 0 Å². The van der Waals surface area contributed by atoms with E-state index in [0.717, 1.165) is 28.8 Å². The van der Waals surface area contributed by atoms with Crippen molar-refractivity contribution in [2.45, 2.75) is 32.4 Å². The average Bonchev–Trinajstić information content (AvgIpc) is 3.24. The third-order valence-electron chi connectivity index (χ3n) is 7.40. The molecule has 1 atom stereocenters. The first kappa shape index (κ1) is 29.0. The van der Waals surface area contributed by atoms with Gasteiger partial charge in [0.15, 0.2) is 9.84 Å². The van der Waals surface area contributed by atoms with E-state index in [0.29, 0.717) is 29.7 Å². The molecule has 2 heterocycles. The lowest BCUT2D eigenvalue weighted by molar-refractivity contribution is -0.116. The number of nitrogens with zero attached hydrogens (tertiary/aromatic N) is 5. The van der Waals surface area contributed by atoms with Crippen molar-refractivity contribution in [2.24, 2.45) is 13.0 Å². The number of rotatable bonds is 9. The Morgan fingerprint density at radius 2 is 1.83 bits per heavy atom. The number of carbonyl (C=O) groups excluding carboxylic acids is 1. The second-order valence-corrected chi connectivity index (χ2v) is 13.1. The van der Waals surface area contributed by atoms with Crippen LogP contribution in [0.5, 0.6) is 0 Å². The zero-order chi connectivity index (χ0) is 30.0. The number of amides is 1. The molecule has 11 heteroatoms. The highest BCUT2D eigenvalue weighted by atomic mass is 32.2. The molecule has 1 amide bonds. The molecule has 2 aromatic heterocycles. The lowest BCUT2D eigenvalue weighted by atomic mass is 9.86. The minimum Gasteiger partial charge on any atom is -0.329 e. The predicted octanol–water partition coefficient (Wildman–Crippen LogP) is 5.66. The van der Waals surface area contributed by atoms with Gasteiger partial charge >= 0.3 is 0 Å². The summed E-state index contributed by atoms with van der Waals surface area (Å²) in [7, 11) is 0.705. The maximum Gasteiger partial charge on any atom is 0.229 e. The molecular formula is C31H35N7O3S. The first-order chi connectivity index (χ1) is 19.9. The number of aromatic nitrogens is 4. The van der Waals surface area contributed by atoms with Gasteiger partial charge in [-0.2, -0.15) is 4.98 Å². The fourth-order valence-electron chi connectivity index (χ4n) is 5.01. The molecule has 5 rings (SSSR count). The van der Waals surface area contributed by atoms with E-state index in [9.17, 15) is 13.2 Å². The molecule has 0 saturated heterocycles. The van der Waals surface area contributed by atoms with E-state index in [-0.39, 0.29) is 17.6 Å². The number of sulfone groups is 1. The average molecular weight is 586 g/mol. The van der Waals surface area contributed by atoms with Crippen LogP contribution < -0.4 is 15.5 Å². The van der Waals surface area contributed by atoms with Crippen molar-refractivity contribution in [3.05, 3.63) is 83.6 Å². The van der Waals surface area contributed by atoms with Crippen LogP contribution in [0.2, 0.25) is 0 Å². The van der Waals surface area contributed by atoms with Gasteiger partial charge in [0, 0.05) is 44.3 Å². The van der Waals surface area contributed by atoms with Crippen molar-refractivity contribution in [1.29, 1.82) is 0 Å². The molecule has 0 saturated carbocycles. The van der Waals surface area contributed by atoms with Crippen molar-refractivity contribution in [2.75, 3.05) is 28.8 Å². The topological polar surface area (TPSA) is 122 Å². The van der Waals surface area contributed by atoms with Crippen LogP contribution in [0, 0.1) is 5.92 Å². The number of anilines is 5. The number of hydrogen-bond donors (Lipinski definition) is 2. The zero-order valence-corrected chi connectivity index (χ0v) is 25.2. The summed E-state index contributed by atoms with van der Waals surface area (Å²) < 4.78 is 25.0. The number of benzene rings is 2. The standard InChI is InChI=1S/C31H35N7O3S/c1-20-6-7-21(2)23(16-20)17-29(39)36-31-34-26-18-25(12-13-27(26)38(31)4)37(3)28-14-15-32-30(35-28)33-24-10-8-22(9-11-24)19-42(5,40)41/h6-15,18,23H,16-17,19H2,1-5H3,(H,32,33,35)(H,34,36,39). The molecule has 1 aliphatic carbocycles. The summed E-state index contributed by atoms with van der Waals surface area (Å²) in [5.74, 6) is 1.74. The second kappa shape index (κ2) is 11.8. The van der Waals surface area contributed by atoms with Crippen molar-refractivity contribution in [3.63, 3.8) is 0 Å².